The lowest BCUT2D eigenvalue weighted by Gasteiger charge is -2.33. The molecule has 17 heteroatoms. The topological polar surface area (TPSA) is 117 Å². The predicted octanol–water partition coefficient (Wildman–Crippen LogP) is 16.4. The molecule has 0 atom stereocenters. The number of nitrogens with zero attached hydrogens (tertiary/aromatic N) is 8. The minimum Gasteiger partial charge on any atom is -0.496 e. The van der Waals surface area contributed by atoms with E-state index >= 15 is 0 Å². The second-order valence-electron chi connectivity index (χ2n) is 26.5. The van der Waals surface area contributed by atoms with Gasteiger partial charge >= 0.3 is 0 Å². The van der Waals surface area contributed by atoms with Crippen LogP contribution >= 0.6 is 43.2 Å². The number of piperazine rings is 1. The third-order valence-electron chi connectivity index (χ3n) is 19.7. The maximum atomic E-state index is 15.0. The number of aliphatic imine (C=N–C) groups is 4. The number of hydrogen-bond donors (Lipinski definition) is 3. The largest absolute Gasteiger partial charge is 0.496 e. The molecule has 0 bridgehead atoms. The smallest absolute Gasteiger partial charge is 0.131 e. The zero-order chi connectivity index (χ0) is 70.7. The average molecular weight is 1520 g/mol. The van der Waals surface area contributed by atoms with Crippen molar-refractivity contribution in [2.24, 2.45) is 20.0 Å². The monoisotopic (exact) mass is 1520 g/mol. The molecule has 0 saturated carbocycles. The Bertz CT molecular complexity index is 4840. The number of methoxy groups -OCH3 is 1. The van der Waals surface area contributed by atoms with E-state index in [0.717, 1.165) is 202 Å². The number of nitrogens with one attached hydrogen (secondary N) is 3. The first-order valence-electron chi connectivity index (χ1n) is 36.1. The first kappa shape index (κ1) is 72.4. The zero-order valence-corrected chi connectivity index (χ0v) is 62.8. The minimum atomic E-state index is -0.159. The van der Waals surface area contributed by atoms with E-state index in [1.165, 1.54) is 71.3 Å². The van der Waals surface area contributed by atoms with E-state index in [9.17, 15) is 8.78 Å². The van der Waals surface area contributed by atoms with Crippen LogP contribution < -0.4 is 20.7 Å². The number of rotatable bonds is 21. The Morgan fingerprint density at radius 1 is 0.456 bits per heavy atom. The number of fused-ring (bicyclic) bond motifs is 3. The van der Waals surface area contributed by atoms with Gasteiger partial charge in [-0.25, -0.2) is 8.78 Å². The fourth-order valence-electron chi connectivity index (χ4n) is 14.3. The summed E-state index contributed by atoms with van der Waals surface area (Å²) in [7, 11) is 3.86. The van der Waals surface area contributed by atoms with E-state index in [1.54, 1.807) is 36.6 Å². The molecule has 11 aromatic rings. The zero-order valence-electron chi connectivity index (χ0n) is 58.8. The van der Waals surface area contributed by atoms with Crippen LogP contribution in [0, 0.1) is 11.6 Å². The maximum absolute atomic E-state index is 15.0. The highest BCUT2D eigenvalue weighted by molar-refractivity contribution is 9.10. The van der Waals surface area contributed by atoms with Gasteiger partial charge in [0.1, 0.15) is 40.7 Å². The number of pyridine rings is 1. The maximum Gasteiger partial charge on any atom is 0.131 e. The van der Waals surface area contributed by atoms with Crippen molar-refractivity contribution >= 4 is 98.3 Å². The molecule has 1 saturated heterocycles. The molecule has 0 amide bonds. The molecule has 528 valence electrons. The van der Waals surface area contributed by atoms with Gasteiger partial charge in [0.2, 0.25) is 0 Å². The van der Waals surface area contributed by atoms with Gasteiger partial charge in [-0.05, 0) is 192 Å². The summed E-state index contributed by atoms with van der Waals surface area (Å²) in [6.07, 6.45) is 9.80. The molecule has 0 radical (unpaired) electrons. The SMILES string of the molecule is COc1ccc(Br)cc1CCc1c(F)cccc1C1=NCCN1CCCN1CCN(C)CC1.Fc1cccc(C2=NCCN2)c1CCc1cc(Br)cc2ccsc12.c1ccc(C2=NCCN2)c(CCc2ccc3ccccc3c2)c1.c1ccc(C2=NCCN2)c(CCc2cccc3cccnc23)c1. The number of thiophene rings is 1. The van der Waals surface area contributed by atoms with Crippen molar-refractivity contribution in [3.8, 4) is 5.75 Å². The minimum absolute atomic E-state index is 0.152. The van der Waals surface area contributed by atoms with Crippen LogP contribution in [0.2, 0.25) is 0 Å². The number of ether oxygens (including phenoxy) is 1. The number of likely N-dealkylation sites (N-methyl/N-ethyl adjacent to an activating group) is 1. The number of halogens is 4. The molecule has 1 fully saturated rings. The fraction of sp³-hybridized carbons (Fsp3) is 0.291. The summed E-state index contributed by atoms with van der Waals surface area (Å²) >= 11 is 8.86. The van der Waals surface area contributed by atoms with E-state index < -0.39 is 0 Å². The molecule has 5 aliphatic heterocycles. The van der Waals surface area contributed by atoms with Gasteiger partial charge in [-0.1, -0.05) is 171 Å². The number of aryl methyl sites for hydroxylation is 6. The standard InChI is InChI=1S/C26H34BrFN4O.C21H20N2.C20H19N3.C19H16BrFN2S/c1-30-15-17-31(18-16-30)12-4-13-32-14-11-29-26(32)23-5-3-6-24(28)22(23)9-7-20-19-21(27)8-10-25(20)33-2;1-2-7-19-15-16(9-11-17(19)5-1)10-12-18-6-3-4-8-20(18)21-22-13-14-23-21;1-2-9-18(20-22-13-14-23-20)15(5-1)10-11-17-7-3-6-16-8-4-12-21-19(16)17;20-14-10-12(18-13(11-14)6-9-24-18)4-5-15-16(2-1-3-17(15)21)19-22-7-8-23-19/h3,5-6,8,10,19H,4,7,9,11-18H2,1-2H3;1-9,11,15H,10,12-14H2,(H,22,23);1-9,12H,10-11,13-14H2,(H,22,23);1-3,6,9-11H,4-5,7-8H2,(H,22,23). The Kier molecular flexibility index (Phi) is 25.3. The molecule has 0 unspecified atom stereocenters. The molecule has 0 spiro atoms. The van der Waals surface area contributed by atoms with Crippen molar-refractivity contribution in [3.05, 3.63) is 293 Å². The van der Waals surface area contributed by atoms with Crippen molar-refractivity contribution in [1.29, 1.82) is 0 Å². The Hall–Kier alpha value is -8.97. The lowest BCUT2D eigenvalue weighted by molar-refractivity contribution is 0.150. The van der Waals surface area contributed by atoms with Gasteiger partial charge in [-0.3, -0.25) is 25.0 Å². The summed E-state index contributed by atoms with van der Waals surface area (Å²) in [5, 5.41) is 17.2. The summed E-state index contributed by atoms with van der Waals surface area (Å²) in [5.74, 6) is 4.38. The molecule has 16 rings (SSSR count). The third kappa shape index (κ3) is 18.9. The highest BCUT2D eigenvalue weighted by atomic mass is 79.9. The van der Waals surface area contributed by atoms with Crippen molar-refractivity contribution in [2.45, 2.75) is 57.8 Å². The van der Waals surface area contributed by atoms with Crippen LogP contribution in [0.3, 0.4) is 0 Å². The van der Waals surface area contributed by atoms with Crippen LogP contribution in [-0.4, -0.2) is 149 Å². The van der Waals surface area contributed by atoms with Crippen LogP contribution in [0.4, 0.5) is 8.78 Å². The number of benzene rings is 9. The van der Waals surface area contributed by atoms with Gasteiger partial charge < -0.3 is 35.4 Å². The van der Waals surface area contributed by atoms with E-state index in [-0.39, 0.29) is 11.6 Å². The van der Waals surface area contributed by atoms with Crippen LogP contribution in [0.1, 0.15) is 73.2 Å². The number of hydrogen-bond acceptors (Lipinski definition) is 13. The number of aromatic nitrogens is 1. The van der Waals surface area contributed by atoms with E-state index in [1.807, 2.05) is 36.5 Å². The molecule has 12 nitrogen and oxygen atoms in total. The van der Waals surface area contributed by atoms with Crippen molar-refractivity contribution in [1.82, 2.24) is 35.6 Å². The highest BCUT2D eigenvalue weighted by Crippen LogP contribution is 2.32. The molecule has 9 aromatic carbocycles. The molecule has 103 heavy (non-hydrogen) atoms. The quantitative estimate of drug-likeness (QED) is 0.0651. The summed E-state index contributed by atoms with van der Waals surface area (Å²) < 4.78 is 38.3. The van der Waals surface area contributed by atoms with Crippen LogP contribution in [-0.2, 0) is 51.4 Å². The van der Waals surface area contributed by atoms with E-state index in [4.69, 9.17) is 9.73 Å². The first-order chi connectivity index (χ1) is 50.6. The van der Waals surface area contributed by atoms with Gasteiger partial charge in [0, 0.05) is 106 Å². The predicted molar refractivity (Wildman–Crippen MR) is 431 cm³/mol. The second kappa shape index (κ2) is 36.0. The number of para-hydroxylation sites is 1. The van der Waals surface area contributed by atoms with Crippen molar-refractivity contribution < 1.29 is 13.5 Å². The molecule has 7 heterocycles. The molecule has 3 N–H and O–H groups in total. The van der Waals surface area contributed by atoms with Crippen molar-refractivity contribution in [3.63, 3.8) is 0 Å². The van der Waals surface area contributed by atoms with E-state index in [0.29, 0.717) is 19.3 Å². The van der Waals surface area contributed by atoms with Crippen LogP contribution in [0.5, 0.6) is 5.75 Å². The number of amidine groups is 4. The molecule has 0 aliphatic carbocycles. The van der Waals surface area contributed by atoms with Gasteiger partial charge in [-0.2, -0.15) is 0 Å². The van der Waals surface area contributed by atoms with Gasteiger partial charge in [0.25, 0.3) is 0 Å². The lowest BCUT2D eigenvalue weighted by atomic mass is 9.97. The summed E-state index contributed by atoms with van der Waals surface area (Å²) in [5.41, 5.74) is 14.6. The van der Waals surface area contributed by atoms with Gasteiger partial charge in [0.15, 0.2) is 0 Å². The average Bonchev–Trinajstić information content (AvgIpc) is 1.70. The Labute approximate surface area is 625 Å². The third-order valence-corrected chi connectivity index (χ3v) is 21.7. The summed E-state index contributed by atoms with van der Waals surface area (Å²) in [6.45, 7) is 13.6. The van der Waals surface area contributed by atoms with E-state index in [2.05, 4.69) is 234 Å². The lowest BCUT2D eigenvalue weighted by Crippen LogP contribution is -2.45. The summed E-state index contributed by atoms with van der Waals surface area (Å²) in [6, 6.07) is 66.0. The molecular formula is C86H89Br2F2N11OS. The highest BCUT2D eigenvalue weighted by Gasteiger charge is 2.25. The van der Waals surface area contributed by atoms with Gasteiger partial charge in [-0.15, -0.1) is 11.3 Å². The van der Waals surface area contributed by atoms with Gasteiger partial charge in [0.05, 0.1) is 38.8 Å². The molecular weight excluding hydrogens is 1430 g/mol. The fourth-order valence-corrected chi connectivity index (χ4v) is 16.2. The Morgan fingerprint density at radius 2 is 1.03 bits per heavy atom. The van der Waals surface area contributed by atoms with Crippen LogP contribution in [0.25, 0.3) is 31.8 Å². The molecule has 5 aliphatic rings. The summed E-state index contributed by atoms with van der Waals surface area (Å²) in [4.78, 5) is 30.2. The molecule has 2 aromatic heterocycles. The first-order valence-corrected chi connectivity index (χ1v) is 38.6. The van der Waals surface area contributed by atoms with Crippen LogP contribution in [0.15, 0.2) is 235 Å². The van der Waals surface area contributed by atoms with Crippen molar-refractivity contribution in [2.75, 3.05) is 106 Å². The Morgan fingerprint density at radius 3 is 1.73 bits per heavy atom. The normalized spacial score (nSPS) is 15.0. The second-order valence-corrected chi connectivity index (χ2v) is 29.3. The Balaban J connectivity index is 0.000000124.